The Morgan fingerprint density at radius 3 is 2.76 bits per heavy atom. The van der Waals surface area contributed by atoms with E-state index in [9.17, 15) is 0 Å². The van der Waals surface area contributed by atoms with E-state index >= 15 is 0 Å². The van der Waals surface area contributed by atoms with Crippen molar-refractivity contribution in [1.29, 1.82) is 0 Å². The van der Waals surface area contributed by atoms with Crippen molar-refractivity contribution in [3.05, 3.63) is 59.7 Å². The van der Waals surface area contributed by atoms with Gasteiger partial charge in [0.15, 0.2) is 5.96 Å². The molecule has 1 unspecified atom stereocenters. The Hall–Kier alpha value is -1.96. The fourth-order valence-corrected chi connectivity index (χ4v) is 2.81. The zero-order valence-corrected chi connectivity index (χ0v) is 16.6. The predicted molar refractivity (Wildman–Crippen MR) is 111 cm³/mol. The second kappa shape index (κ2) is 9.50. The number of rotatable bonds is 5. The zero-order chi connectivity index (χ0) is 16.8. The maximum atomic E-state index is 6.05. The van der Waals surface area contributed by atoms with E-state index in [1.54, 1.807) is 7.11 Å². The van der Waals surface area contributed by atoms with Crippen molar-refractivity contribution in [3.8, 4) is 11.5 Å². The monoisotopic (exact) mass is 453 g/mol. The molecule has 0 spiro atoms. The molecule has 0 saturated carbocycles. The number of nitrogens with two attached hydrogens (primary N) is 1. The predicted octanol–water partition coefficient (Wildman–Crippen LogP) is 3.28. The van der Waals surface area contributed by atoms with E-state index in [-0.39, 0.29) is 30.0 Å². The average molecular weight is 453 g/mol. The first-order chi connectivity index (χ1) is 11.8. The van der Waals surface area contributed by atoms with Crippen LogP contribution in [0.5, 0.6) is 11.5 Å². The molecular weight excluding hydrogens is 429 g/mol. The molecule has 0 fully saturated rings. The molecule has 1 aliphatic heterocycles. The number of benzene rings is 2. The molecular formula is C19H24IN3O2. The van der Waals surface area contributed by atoms with Crippen LogP contribution in [0, 0.1) is 0 Å². The van der Waals surface area contributed by atoms with E-state index < -0.39 is 0 Å². The van der Waals surface area contributed by atoms with Gasteiger partial charge in [0.1, 0.15) is 11.5 Å². The van der Waals surface area contributed by atoms with Crippen LogP contribution in [0.2, 0.25) is 0 Å². The van der Waals surface area contributed by atoms with Gasteiger partial charge in [-0.1, -0.05) is 30.3 Å². The van der Waals surface area contributed by atoms with Gasteiger partial charge in [0.25, 0.3) is 0 Å². The van der Waals surface area contributed by atoms with Crippen LogP contribution in [-0.4, -0.2) is 26.2 Å². The number of nitrogens with one attached hydrogen (secondary N) is 1. The highest BCUT2D eigenvalue weighted by Crippen LogP contribution is 2.31. The number of hydrogen-bond acceptors (Lipinski definition) is 3. The second-order valence-corrected chi connectivity index (χ2v) is 5.74. The highest BCUT2D eigenvalue weighted by Gasteiger charge is 2.21. The van der Waals surface area contributed by atoms with E-state index in [0.29, 0.717) is 19.1 Å². The van der Waals surface area contributed by atoms with Crippen LogP contribution in [0.3, 0.4) is 0 Å². The molecule has 1 heterocycles. The lowest BCUT2D eigenvalue weighted by molar-refractivity contribution is 0.262. The average Bonchev–Trinajstić information content (AvgIpc) is 2.63. The van der Waals surface area contributed by atoms with Crippen molar-refractivity contribution >= 4 is 29.9 Å². The third kappa shape index (κ3) is 5.26. The van der Waals surface area contributed by atoms with Crippen LogP contribution in [-0.2, 0) is 6.42 Å². The maximum absolute atomic E-state index is 6.05. The number of fused-ring (bicyclic) bond motifs is 1. The zero-order valence-electron chi connectivity index (χ0n) is 14.3. The van der Waals surface area contributed by atoms with Crippen molar-refractivity contribution in [2.24, 2.45) is 10.7 Å². The summed E-state index contributed by atoms with van der Waals surface area (Å²) in [6, 6.07) is 16.2. The second-order valence-electron chi connectivity index (χ2n) is 5.74. The van der Waals surface area contributed by atoms with Gasteiger partial charge in [-0.2, -0.15) is 0 Å². The first-order valence-corrected chi connectivity index (χ1v) is 8.17. The number of guanidine groups is 1. The summed E-state index contributed by atoms with van der Waals surface area (Å²) in [7, 11) is 1.67. The number of methoxy groups -OCH3 is 1. The minimum atomic E-state index is 0. The van der Waals surface area contributed by atoms with E-state index in [1.165, 1.54) is 5.56 Å². The lowest BCUT2D eigenvalue weighted by atomic mass is 10.0. The van der Waals surface area contributed by atoms with Gasteiger partial charge in [-0.25, -0.2) is 0 Å². The Kier molecular flexibility index (Phi) is 7.36. The Morgan fingerprint density at radius 1 is 1.24 bits per heavy atom. The van der Waals surface area contributed by atoms with Crippen molar-refractivity contribution < 1.29 is 9.47 Å². The molecule has 2 aromatic rings. The number of para-hydroxylation sites is 1. The molecule has 6 heteroatoms. The number of nitrogens with zero attached hydrogens (tertiary/aromatic N) is 1. The summed E-state index contributed by atoms with van der Waals surface area (Å²) in [5, 5.41) is 3.31. The van der Waals surface area contributed by atoms with Crippen LogP contribution < -0.4 is 20.5 Å². The minimum absolute atomic E-state index is 0. The number of ether oxygens (including phenoxy) is 2. The van der Waals surface area contributed by atoms with E-state index in [4.69, 9.17) is 15.2 Å². The molecule has 134 valence electrons. The smallest absolute Gasteiger partial charge is 0.189 e. The first kappa shape index (κ1) is 19.4. The molecule has 0 aliphatic carbocycles. The van der Waals surface area contributed by atoms with Gasteiger partial charge < -0.3 is 20.5 Å². The molecule has 1 atom stereocenters. The van der Waals surface area contributed by atoms with Gasteiger partial charge in [0.2, 0.25) is 0 Å². The summed E-state index contributed by atoms with van der Waals surface area (Å²) in [6.45, 7) is 1.34. The van der Waals surface area contributed by atoms with Crippen LogP contribution in [0.25, 0.3) is 0 Å². The Morgan fingerprint density at radius 2 is 2.00 bits per heavy atom. The molecule has 5 nitrogen and oxygen atoms in total. The number of hydrogen-bond donors (Lipinski definition) is 2. The summed E-state index contributed by atoms with van der Waals surface area (Å²) in [5.41, 5.74) is 8.40. The van der Waals surface area contributed by atoms with Crippen molar-refractivity contribution in [2.75, 3.05) is 20.3 Å². The molecule has 0 aromatic heterocycles. The molecule has 3 N–H and O–H groups in total. The van der Waals surface area contributed by atoms with E-state index in [1.807, 2.05) is 42.5 Å². The minimum Gasteiger partial charge on any atom is -0.497 e. The SMILES string of the molecule is COc1ccc(CCN=C(N)NC2CCOc3ccccc32)cc1.I. The molecule has 0 bridgehead atoms. The van der Waals surface area contributed by atoms with Crippen LogP contribution >= 0.6 is 24.0 Å². The standard InChI is InChI=1S/C19H23N3O2.HI/c1-23-15-8-6-14(7-9-15)10-12-21-19(20)22-17-11-13-24-18-5-3-2-4-16(17)18;/h2-9,17H,10-13H2,1H3,(H3,20,21,22);1H. The van der Waals surface area contributed by atoms with Crippen LogP contribution in [0.4, 0.5) is 0 Å². The van der Waals surface area contributed by atoms with Gasteiger partial charge in [0, 0.05) is 18.5 Å². The molecule has 0 saturated heterocycles. The largest absolute Gasteiger partial charge is 0.497 e. The highest BCUT2D eigenvalue weighted by atomic mass is 127. The fourth-order valence-electron chi connectivity index (χ4n) is 2.81. The normalized spacial score (nSPS) is 16.2. The van der Waals surface area contributed by atoms with Crippen molar-refractivity contribution in [2.45, 2.75) is 18.9 Å². The summed E-state index contributed by atoms with van der Waals surface area (Å²) >= 11 is 0. The van der Waals surface area contributed by atoms with Crippen LogP contribution in [0.15, 0.2) is 53.5 Å². The number of halogens is 1. The third-order valence-electron chi connectivity index (χ3n) is 4.12. The number of aliphatic imine (C=N–C) groups is 1. The van der Waals surface area contributed by atoms with Gasteiger partial charge >= 0.3 is 0 Å². The van der Waals surface area contributed by atoms with Gasteiger partial charge in [0.05, 0.1) is 19.8 Å². The topological polar surface area (TPSA) is 68.9 Å². The highest BCUT2D eigenvalue weighted by molar-refractivity contribution is 14.0. The van der Waals surface area contributed by atoms with Crippen LogP contribution in [0.1, 0.15) is 23.6 Å². The Labute approximate surface area is 165 Å². The Balaban J connectivity index is 0.00000225. The molecule has 0 radical (unpaired) electrons. The van der Waals surface area contributed by atoms with E-state index in [2.05, 4.69) is 16.4 Å². The molecule has 0 amide bonds. The summed E-state index contributed by atoms with van der Waals surface area (Å²) in [5.74, 6) is 2.26. The summed E-state index contributed by atoms with van der Waals surface area (Å²) in [6.07, 6.45) is 1.72. The molecule has 1 aliphatic rings. The lowest BCUT2D eigenvalue weighted by Crippen LogP contribution is -2.37. The molecule has 25 heavy (non-hydrogen) atoms. The molecule has 2 aromatic carbocycles. The summed E-state index contributed by atoms with van der Waals surface area (Å²) < 4.78 is 10.8. The first-order valence-electron chi connectivity index (χ1n) is 8.17. The van der Waals surface area contributed by atoms with Gasteiger partial charge in [-0.3, -0.25) is 4.99 Å². The lowest BCUT2D eigenvalue weighted by Gasteiger charge is -2.26. The van der Waals surface area contributed by atoms with Crippen molar-refractivity contribution in [1.82, 2.24) is 5.32 Å². The third-order valence-corrected chi connectivity index (χ3v) is 4.12. The Bertz CT molecular complexity index is 704. The quantitative estimate of drug-likeness (QED) is 0.414. The van der Waals surface area contributed by atoms with Crippen molar-refractivity contribution in [3.63, 3.8) is 0 Å². The fraction of sp³-hybridized carbons (Fsp3) is 0.316. The maximum Gasteiger partial charge on any atom is 0.189 e. The van der Waals surface area contributed by atoms with E-state index in [0.717, 1.165) is 29.9 Å². The summed E-state index contributed by atoms with van der Waals surface area (Å²) in [4.78, 5) is 4.44. The molecule has 3 rings (SSSR count). The van der Waals surface area contributed by atoms with Gasteiger partial charge in [-0.05, 0) is 30.2 Å². The van der Waals surface area contributed by atoms with Gasteiger partial charge in [-0.15, -0.1) is 24.0 Å².